The molecule has 0 aliphatic carbocycles. The Balaban J connectivity index is 0.000000281. The van der Waals surface area contributed by atoms with Crippen LogP contribution in [0, 0.1) is 0 Å². The molecule has 1 heteroatoms. The van der Waals surface area contributed by atoms with E-state index in [0.29, 0.717) is 0 Å². The molecule has 1 aliphatic rings. The van der Waals surface area contributed by atoms with Gasteiger partial charge in [-0.15, -0.1) is 0 Å². The van der Waals surface area contributed by atoms with Crippen LogP contribution in [-0.4, -0.2) is 6.21 Å². The highest BCUT2D eigenvalue weighted by Crippen LogP contribution is 2.22. The van der Waals surface area contributed by atoms with Gasteiger partial charge < -0.3 is 0 Å². The number of para-hydroxylation sites is 1. The van der Waals surface area contributed by atoms with Crippen molar-refractivity contribution in [2.45, 2.75) is 20.3 Å². The Bertz CT molecular complexity index is 251. The SMILES string of the molecule is C1=Nc2ccccc2C1.CC. The van der Waals surface area contributed by atoms with Crippen LogP contribution < -0.4 is 0 Å². The normalized spacial score (nSPS) is 11.8. The van der Waals surface area contributed by atoms with E-state index in [2.05, 4.69) is 11.1 Å². The van der Waals surface area contributed by atoms with E-state index in [1.165, 1.54) is 5.56 Å². The van der Waals surface area contributed by atoms with Crippen molar-refractivity contribution in [3.05, 3.63) is 29.8 Å². The second kappa shape index (κ2) is 3.91. The summed E-state index contributed by atoms with van der Waals surface area (Å²) in [6, 6.07) is 8.22. The predicted octanol–water partition coefficient (Wildman–Crippen LogP) is 2.97. The molecule has 1 aromatic carbocycles. The number of fused-ring (bicyclic) bond motifs is 1. The van der Waals surface area contributed by atoms with Crippen molar-refractivity contribution in [1.29, 1.82) is 0 Å². The molecule has 1 aromatic rings. The van der Waals surface area contributed by atoms with Gasteiger partial charge in [0.25, 0.3) is 0 Å². The first-order chi connectivity index (χ1) is 5.47. The van der Waals surface area contributed by atoms with E-state index < -0.39 is 0 Å². The van der Waals surface area contributed by atoms with E-state index >= 15 is 0 Å². The van der Waals surface area contributed by atoms with Crippen LogP contribution in [0.15, 0.2) is 29.3 Å². The maximum atomic E-state index is 4.17. The number of aliphatic imine (C=N–C) groups is 1. The molecule has 1 aliphatic heterocycles. The standard InChI is InChI=1S/C8H7N.C2H6/c1-2-4-8-7(3-1)5-6-9-8;1-2/h1-4,6H,5H2;1-2H3. The summed E-state index contributed by atoms with van der Waals surface area (Å²) in [6.45, 7) is 4.00. The first-order valence-corrected chi connectivity index (χ1v) is 4.07. The van der Waals surface area contributed by atoms with Gasteiger partial charge >= 0.3 is 0 Å². The molecular weight excluding hydrogens is 134 g/mol. The molecule has 0 spiro atoms. The molecule has 2 rings (SSSR count). The number of nitrogens with zero attached hydrogens (tertiary/aromatic N) is 1. The van der Waals surface area contributed by atoms with Crippen LogP contribution in [0.1, 0.15) is 19.4 Å². The lowest BCUT2D eigenvalue weighted by Crippen LogP contribution is -1.75. The highest BCUT2D eigenvalue weighted by molar-refractivity contribution is 5.75. The van der Waals surface area contributed by atoms with Gasteiger partial charge in [0.05, 0.1) is 5.69 Å². The summed E-state index contributed by atoms with van der Waals surface area (Å²) in [5, 5.41) is 0. The molecule has 0 fully saturated rings. The number of hydrogen-bond acceptors (Lipinski definition) is 1. The Kier molecular flexibility index (Phi) is 2.84. The zero-order valence-electron chi connectivity index (χ0n) is 7.04. The molecule has 58 valence electrons. The van der Waals surface area contributed by atoms with Gasteiger partial charge in [-0.1, -0.05) is 32.0 Å². The Labute approximate surface area is 67.8 Å². The van der Waals surface area contributed by atoms with Crippen molar-refractivity contribution in [2.75, 3.05) is 0 Å². The summed E-state index contributed by atoms with van der Waals surface area (Å²) in [6.07, 6.45) is 2.96. The fraction of sp³-hybridized carbons (Fsp3) is 0.300. The van der Waals surface area contributed by atoms with Crippen molar-refractivity contribution in [3.8, 4) is 0 Å². The zero-order valence-corrected chi connectivity index (χ0v) is 7.04. The molecule has 0 N–H and O–H groups in total. The third-order valence-corrected chi connectivity index (χ3v) is 1.53. The van der Waals surface area contributed by atoms with Crippen LogP contribution >= 0.6 is 0 Å². The first kappa shape index (κ1) is 7.99. The second-order valence-corrected chi connectivity index (χ2v) is 2.14. The van der Waals surface area contributed by atoms with Gasteiger partial charge in [0.2, 0.25) is 0 Å². The molecule has 0 amide bonds. The number of rotatable bonds is 0. The molecule has 0 radical (unpaired) electrons. The highest BCUT2D eigenvalue weighted by Gasteiger charge is 2.01. The third kappa shape index (κ3) is 1.67. The fourth-order valence-corrected chi connectivity index (χ4v) is 1.05. The molecule has 0 saturated heterocycles. The summed E-state index contributed by atoms with van der Waals surface area (Å²) in [4.78, 5) is 4.17. The van der Waals surface area contributed by atoms with Crippen LogP contribution in [0.4, 0.5) is 5.69 Å². The number of benzene rings is 1. The van der Waals surface area contributed by atoms with Gasteiger partial charge in [0.1, 0.15) is 0 Å². The Hall–Kier alpha value is -1.11. The topological polar surface area (TPSA) is 12.4 Å². The van der Waals surface area contributed by atoms with Crippen molar-refractivity contribution < 1.29 is 0 Å². The van der Waals surface area contributed by atoms with Crippen molar-refractivity contribution in [2.24, 2.45) is 4.99 Å². The summed E-state index contributed by atoms with van der Waals surface area (Å²) in [7, 11) is 0. The minimum absolute atomic E-state index is 1.01. The zero-order chi connectivity index (χ0) is 8.10. The molecular formula is C10H13N. The van der Waals surface area contributed by atoms with Gasteiger partial charge in [-0.3, -0.25) is 4.99 Å². The minimum Gasteiger partial charge on any atom is -0.261 e. The van der Waals surface area contributed by atoms with E-state index in [0.717, 1.165) is 12.1 Å². The molecule has 0 aromatic heterocycles. The predicted molar refractivity (Wildman–Crippen MR) is 49.6 cm³/mol. The van der Waals surface area contributed by atoms with Crippen LogP contribution in [0.5, 0.6) is 0 Å². The lowest BCUT2D eigenvalue weighted by atomic mass is 10.2. The van der Waals surface area contributed by atoms with Crippen molar-refractivity contribution >= 4 is 11.9 Å². The average Bonchev–Trinajstić information content (AvgIpc) is 2.55. The monoisotopic (exact) mass is 147 g/mol. The van der Waals surface area contributed by atoms with Crippen molar-refractivity contribution in [3.63, 3.8) is 0 Å². The second-order valence-electron chi connectivity index (χ2n) is 2.14. The Morgan fingerprint density at radius 3 is 2.64 bits per heavy atom. The van der Waals surface area contributed by atoms with Gasteiger partial charge in [-0.2, -0.15) is 0 Å². The van der Waals surface area contributed by atoms with E-state index in [9.17, 15) is 0 Å². The van der Waals surface area contributed by atoms with E-state index in [1.54, 1.807) is 0 Å². The molecule has 1 heterocycles. The van der Waals surface area contributed by atoms with Gasteiger partial charge in [-0.05, 0) is 11.6 Å². The number of hydrogen-bond donors (Lipinski definition) is 0. The van der Waals surface area contributed by atoms with Gasteiger partial charge in [-0.25, -0.2) is 0 Å². The van der Waals surface area contributed by atoms with Crippen molar-refractivity contribution in [1.82, 2.24) is 0 Å². The smallest absolute Gasteiger partial charge is 0.0661 e. The average molecular weight is 147 g/mol. The Morgan fingerprint density at radius 1 is 1.18 bits per heavy atom. The highest BCUT2D eigenvalue weighted by atomic mass is 14.7. The van der Waals surface area contributed by atoms with Crippen LogP contribution in [0.2, 0.25) is 0 Å². The Morgan fingerprint density at radius 2 is 1.91 bits per heavy atom. The third-order valence-electron chi connectivity index (χ3n) is 1.53. The fourth-order valence-electron chi connectivity index (χ4n) is 1.05. The summed E-state index contributed by atoms with van der Waals surface area (Å²) in [5.41, 5.74) is 2.48. The maximum absolute atomic E-state index is 4.17. The maximum Gasteiger partial charge on any atom is 0.0661 e. The summed E-state index contributed by atoms with van der Waals surface area (Å²) < 4.78 is 0. The molecule has 1 nitrogen and oxygen atoms in total. The quantitative estimate of drug-likeness (QED) is 0.535. The van der Waals surface area contributed by atoms with Crippen LogP contribution in [0.25, 0.3) is 0 Å². The van der Waals surface area contributed by atoms with E-state index in [-0.39, 0.29) is 0 Å². The van der Waals surface area contributed by atoms with Gasteiger partial charge in [0.15, 0.2) is 0 Å². The molecule has 0 bridgehead atoms. The van der Waals surface area contributed by atoms with Gasteiger partial charge in [0, 0.05) is 12.6 Å². The van der Waals surface area contributed by atoms with Crippen LogP contribution in [0.3, 0.4) is 0 Å². The summed E-state index contributed by atoms with van der Waals surface area (Å²) >= 11 is 0. The summed E-state index contributed by atoms with van der Waals surface area (Å²) in [5.74, 6) is 0. The molecule has 0 saturated carbocycles. The minimum atomic E-state index is 1.01. The molecule has 0 unspecified atom stereocenters. The lowest BCUT2D eigenvalue weighted by Gasteiger charge is -1.91. The van der Waals surface area contributed by atoms with E-state index in [4.69, 9.17) is 0 Å². The molecule has 0 atom stereocenters. The van der Waals surface area contributed by atoms with Crippen LogP contribution in [-0.2, 0) is 6.42 Å². The lowest BCUT2D eigenvalue weighted by molar-refractivity contribution is 1.41. The molecule has 11 heavy (non-hydrogen) atoms. The first-order valence-electron chi connectivity index (χ1n) is 4.07. The largest absolute Gasteiger partial charge is 0.261 e. The van der Waals surface area contributed by atoms with E-state index in [1.807, 2.05) is 38.3 Å².